The molecule has 0 aliphatic heterocycles. The molecule has 0 bridgehead atoms. The molecule has 0 radical (unpaired) electrons. The lowest BCUT2D eigenvalue weighted by Gasteiger charge is -2.16. The highest BCUT2D eigenvalue weighted by Crippen LogP contribution is 2.32. The van der Waals surface area contributed by atoms with E-state index in [9.17, 15) is 0 Å². The van der Waals surface area contributed by atoms with E-state index in [-0.39, 0.29) is 12.8 Å². The molecule has 0 fully saturated rings. The van der Waals surface area contributed by atoms with Gasteiger partial charge in [-0.15, -0.1) is 0 Å². The largest absolute Gasteiger partial charge is 0.467 e. The molecule has 0 aromatic heterocycles. The van der Waals surface area contributed by atoms with Crippen molar-refractivity contribution >= 4 is 10.8 Å². The van der Waals surface area contributed by atoms with Crippen LogP contribution in [-0.2, 0) is 4.74 Å². The van der Waals surface area contributed by atoms with Crippen LogP contribution in [0.25, 0.3) is 10.8 Å². The number of hydrogen-bond acceptors (Lipinski definition) is 3. The van der Waals surface area contributed by atoms with Gasteiger partial charge in [-0.1, -0.05) is 36.4 Å². The first-order chi connectivity index (χ1) is 8.24. The van der Waals surface area contributed by atoms with Gasteiger partial charge >= 0.3 is 0 Å². The summed E-state index contributed by atoms with van der Waals surface area (Å²) in [5.41, 5.74) is 6.96. The molecule has 2 N–H and O–H groups in total. The molecule has 0 aliphatic rings. The average molecular weight is 231 g/mol. The molecule has 2 aromatic carbocycles. The van der Waals surface area contributed by atoms with Crippen LogP contribution in [0.4, 0.5) is 0 Å². The Morgan fingerprint density at radius 2 is 1.94 bits per heavy atom. The number of nitrogens with two attached hydrogens (primary N) is 1. The van der Waals surface area contributed by atoms with Crippen LogP contribution in [-0.4, -0.2) is 13.9 Å². The Morgan fingerprint density at radius 3 is 2.65 bits per heavy atom. The second-order valence-corrected chi connectivity index (χ2v) is 4.04. The lowest BCUT2D eigenvalue weighted by molar-refractivity contribution is 0.0514. The van der Waals surface area contributed by atoms with Crippen LogP contribution < -0.4 is 10.5 Å². The highest BCUT2D eigenvalue weighted by molar-refractivity contribution is 5.89. The Bertz CT molecular complexity index is 509. The van der Waals surface area contributed by atoms with E-state index >= 15 is 0 Å². The SMILES string of the molecule is COCOc1c(C(C)N)ccc2ccccc12. The summed E-state index contributed by atoms with van der Waals surface area (Å²) in [6.07, 6.45) is 0. The molecule has 0 spiro atoms. The standard InChI is InChI=1S/C14H17NO2/c1-10(15)12-8-7-11-5-3-4-6-13(11)14(12)17-9-16-2/h3-8,10H,9,15H2,1-2H3. The van der Waals surface area contributed by atoms with Gasteiger partial charge in [0.1, 0.15) is 5.75 Å². The van der Waals surface area contributed by atoms with E-state index in [4.69, 9.17) is 15.2 Å². The molecule has 17 heavy (non-hydrogen) atoms. The van der Waals surface area contributed by atoms with Crippen LogP contribution in [0.3, 0.4) is 0 Å². The van der Waals surface area contributed by atoms with Crippen molar-refractivity contribution < 1.29 is 9.47 Å². The predicted octanol–water partition coefficient (Wildman–Crippen LogP) is 2.84. The summed E-state index contributed by atoms with van der Waals surface area (Å²) in [5, 5.41) is 2.21. The third-order valence-electron chi connectivity index (χ3n) is 2.72. The summed E-state index contributed by atoms with van der Waals surface area (Å²) in [5.74, 6) is 0.819. The second-order valence-electron chi connectivity index (χ2n) is 4.04. The fourth-order valence-corrected chi connectivity index (χ4v) is 1.90. The highest BCUT2D eigenvalue weighted by atomic mass is 16.7. The molecular formula is C14H17NO2. The summed E-state index contributed by atoms with van der Waals surface area (Å²) in [7, 11) is 1.61. The van der Waals surface area contributed by atoms with Gasteiger partial charge in [-0.25, -0.2) is 0 Å². The van der Waals surface area contributed by atoms with Crippen LogP contribution in [0.5, 0.6) is 5.75 Å². The molecule has 2 rings (SSSR count). The van der Waals surface area contributed by atoms with E-state index in [1.807, 2.05) is 31.2 Å². The fraction of sp³-hybridized carbons (Fsp3) is 0.286. The number of ether oxygens (including phenoxy) is 2. The van der Waals surface area contributed by atoms with E-state index in [1.165, 1.54) is 0 Å². The van der Waals surface area contributed by atoms with Crippen molar-refractivity contribution in [1.82, 2.24) is 0 Å². The Labute approximate surface area is 101 Å². The van der Waals surface area contributed by atoms with Gasteiger partial charge in [0.15, 0.2) is 6.79 Å². The van der Waals surface area contributed by atoms with E-state index in [0.717, 1.165) is 22.1 Å². The summed E-state index contributed by atoms with van der Waals surface area (Å²) in [6, 6.07) is 12.1. The van der Waals surface area contributed by atoms with Crippen LogP contribution in [0, 0.1) is 0 Å². The average Bonchev–Trinajstić information content (AvgIpc) is 2.35. The molecule has 1 atom stereocenters. The van der Waals surface area contributed by atoms with E-state index in [2.05, 4.69) is 12.1 Å². The molecule has 1 unspecified atom stereocenters. The normalized spacial score (nSPS) is 12.6. The Hall–Kier alpha value is -1.58. The minimum Gasteiger partial charge on any atom is -0.467 e. The fourth-order valence-electron chi connectivity index (χ4n) is 1.90. The third kappa shape index (κ3) is 2.40. The first-order valence-corrected chi connectivity index (χ1v) is 5.63. The first-order valence-electron chi connectivity index (χ1n) is 5.63. The van der Waals surface area contributed by atoms with Crippen molar-refractivity contribution in [3.63, 3.8) is 0 Å². The van der Waals surface area contributed by atoms with Gasteiger partial charge in [-0.3, -0.25) is 0 Å². The molecular weight excluding hydrogens is 214 g/mol. The quantitative estimate of drug-likeness (QED) is 0.823. The molecule has 0 saturated heterocycles. The minimum absolute atomic E-state index is 0.0635. The van der Waals surface area contributed by atoms with Crippen molar-refractivity contribution in [2.75, 3.05) is 13.9 Å². The summed E-state index contributed by atoms with van der Waals surface area (Å²) in [4.78, 5) is 0. The number of methoxy groups -OCH3 is 1. The van der Waals surface area contributed by atoms with Crippen molar-refractivity contribution in [1.29, 1.82) is 0 Å². The Kier molecular flexibility index (Phi) is 3.61. The summed E-state index contributed by atoms with van der Waals surface area (Å²) >= 11 is 0. The molecule has 90 valence electrons. The van der Waals surface area contributed by atoms with Crippen LogP contribution in [0.1, 0.15) is 18.5 Å². The Balaban J connectivity index is 2.57. The number of benzene rings is 2. The van der Waals surface area contributed by atoms with Crippen LogP contribution in [0.15, 0.2) is 36.4 Å². The number of hydrogen-bond donors (Lipinski definition) is 1. The smallest absolute Gasteiger partial charge is 0.188 e. The van der Waals surface area contributed by atoms with Gasteiger partial charge in [0.05, 0.1) is 0 Å². The topological polar surface area (TPSA) is 44.5 Å². The summed E-state index contributed by atoms with van der Waals surface area (Å²) < 4.78 is 10.6. The predicted molar refractivity (Wildman–Crippen MR) is 69.1 cm³/mol. The molecule has 0 heterocycles. The van der Waals surface area contributed by atoms with Crippen molar-refractivity contribution in [2.45, 2.75) is 13.0 Å². The zero-order valence-corrected chi connectivity index (χ0v) is 10.1. The molecule has 2 aromatic rings. The molecule has 0 aliphatic carbocycles. The van der Waals surface area contributed by atoms with Crippen LogP contribution >= 0.6 is 0 Å². The van der Waals surface area contributed by atoms with Gasteiger partial charge in [-0.2, -0.15) is 0 Å². The van der Waals surface area contributed by atoms with Gasteiger partial charge in [0.25, 0.3) is 0 Å². The Morgan fingerprint density at radius 1 is 1.18 bits per heavy atom. The monoisotopic (exact) mass is 231 g/mol. The number of rotatable bonds is 4. The first kappa shape index (κ1) is 11.9. The lowest BCUT2D eigenvalue weighted by atomic mass is 10.0. The molecule has 0 saturated carbocycles. The maximum Gasteiger partial charge on any atom is 0.188 e. The van der Waals surface area contributed by atoms with E-state index in [1.54, 1.807) is 7.11 Å². The zero-order chi connectivity index (χ0) is 12.3. The van der Waals surface area contributed by atoms with Gasteiger partial charge in [-0.05, 0) is 12.3 Å². The van der Waals surface area contributed by atoms with Gasteiger partial charge < -0.3 is 15.2 Å². The third-order valence-corrected chi connectivity index (χ3v) is 2.72. The lowest BCUT2D eigenvalue weighted by Crippen LogP contribution is -2.09. The van der Waals surface area contributed by atoms with E-state index < -0.39 is 0 Å². The van der Waals surface area contributed by atoms with E-state index in [0.29, 0.717) is 0 Å². The molecule has 3 heteroatoms. The van der Waals surface area contributed by atoms with Gasteiger partial charge in [0, 0.05) is 24.1 Å². The number of fused-ring (bicyclic) bond motifs is 1. The van der Waals surface area contributed by atoms with Crippen LogP contribution in [0.2, 0.25) is 0 Å². The maximum atomic E-state index is 5.96. The van der Waals surface area contributed by atoms with Gasteiger partial charge in [0.2, 0.25) is 0 Å². The van der Waals surface area contributed by atoms with Crippen molar-refractivity contribution in [2.24, 2.45) is 5.73 Å². The minimum atomic E-state index is -0.0635. The zero-order valence-electron chi connectivity index (χ0n) is 10.1. The second kappa shape index (κ2) is 5.17. The molecule has 3 nitrogen and oxygen atoms in total. The van der Waals surface area contributed by atoms with Crippen molar-refractivity contribution in [3.8, 4) is 5.75 Å². The highest BCUT2D eigenvalue weighted by Gasteiger charge is 2.11. The molecule has 0 amide bonds. The van der Waals surface area contributed by atoms with Crippen molar-refractivity contribution in [3.05, 3.63) is 42.0 Å². The summed E-state index contributed by atoms with van der Waals surface area (Å²) in [6.45, 7) is 2.18. The maximum absolute atomic E-state index is 5.96.